The molecular formula is C20H36N4OS. The summed E-state index contributed by atoms with van der Waals surface area (Å²) < 4.78 is 6.01. The van der Waals surface area contributed by atoms with Crippen LogP contribution in [0.25, 0.3) is 0 Å². The van der Waals surface area contributed by atoms with E-state index in [4.69, 9.17) is 4.74 Å². The third-order valence-corrected chi connectivity index (χ3v) is 5.66. The van der Waals surface area contributed by atoms with Crippen LogP contribution in [0.3, 0.4) is 0 Å². The average Bonchev–Trinajstić information content (AvgIpc) is 2.66. The van der Waals surface area contributed by atoms with Gasteiger partial charge in [-0.05, 0) is 50.9 Å². The molecule has 0 unspecified atom stereocenters. The van der Waals surface area contributed by atoms with Crippen LogP contribution in [-0.4, -0.2) is 61.7 Å². The van der Waals surface area contributed by atoms with Crippen molar-refractivity contribution >= 4 is 17.7 Å². The molecule has 0 aliphatic heterocycles. The highest BCUT2D eigenvalue weighted by atomic mass is 32.2. The maximum Gasteiger partial charge on any atom is 0.191 e. The summed E-state index contributed by atoms with van der Waals surface area (Å²) in [5.74, 6) is 1.75. The van der Waals surface area contributed by atoms with E-state index in [1.54, 1.807) is 7.05 Å². The van der Waals surface area contributed by atoms with Crippen LogP contribution >= 0.6 is 11.8 Å². The van der Waals surface area contributed by atoms with Gasteiger partial charge in [0.25, 0.3) is 0 Å². The predicted molar refractivity (Wildman–Crippen MR) is 116 cm³/mol. The highest BCUT2D eigenvalue weighted by molar-refractivity contribution is 7.99. The maximum atomic E-state index is 5.83. The molecule has 0 amide bonds. The Morgan fingerprint density at radius 2 is 1.81 bits per heavy atom. The van der Waals surface area contributed by atoms with E-state index < -0.39 is 0 Å². The van der Waals surface area contributed by atoms with E-state index in [0.717, 1.165) is 51.0 Å². The summed E-state index contributed by atoms with van der Waals surface area (Å²) in [7, 11) is 1.80. The van der Waals surface area contributed by atoms with Gasteiger partial charge in [0.2, 0.25) is 0 Å². The summed E-state index contributed by atoms with van der Waals surface area (Å²) in [4.78, 5) is 6.64. The van der Waals surface area contributed by atoms with Crippen LogP contribution in [0.15, 0.2) is 29.3 Å². The van der Waals surface area contributed by atoms with Crippen LogP contribution in [0, 0.1) is 0 Å². The molecule has 26 heavy (non-hydrogen) atoms. The number of guanidine groups is 1. The molecule has 0 bridgehead atoms. The molecule has 0 radical (unpaired) electrons. The van der Waals surface area contributed by atoms with Crippen molar-refractivity contribution in [2.75, 3.05) is 46.1 Å². The summed E-state index contributed by atoms with van der Waals surface area (Å²) >= 11 is 1.84. The van der Waals surface area contributed by atoms with Crippen molar-refractivity contribution in [2.24, 2.45) is 4.99 Å². The van der Waals surface area contributed by atoms with E-state index in [1.165, 1.54) is 5.56 Å². The first-order valence-electron chi connectivity index (χ1n) is 9.37. The second-order valence-electron chi connectivity index (χ2n) is 6.76. The zero-order valence-corrected chi connectivity index (χ0v) is 18.1. The van der Waals surface area contributed by atoms with Gasteiger partial charge in [0.05, 0.1) is 0 Å². The van der Waals surface area contributed by atoms with Crippen molar-refractivity contribution in [3.8, 4) is 5.75 Å². The Labute approximate surface area is 164 Å². The molecule has 0 atom stereocenters. The van der Waals surface area contributed by atoms with Crippen LogP contribution in [0.5, 0.6) is 5.75 Å². The number of aliphatic imine (C=N–C) groups is 1. The molecule has 0 heterocycles. The Balaban J connectivity index is 2.39. The standard InChI is InChI=1S/C20H36N4OS/c1-7-24(8-2)13-14-25-18-11-9-17(10-12-18)15-22-19(21-5)23-16-20(3,4)26-6/h9-12H,7-8,13-16H2,1-6H3,(H2,21,22,23). The maximum absolute atomic E-state index is 5.83. The number of hydrogen-bond donors (Lipinski definition) is 2. The SMILES string of the molecule is CCN(CC)CCOc1ccc(CNC(=NC)NCC(C)(C)SC)cc1. The molecule has 1 rings (SSSR count). The lowest BCUT2D eigenvalue weighted by Gasteiger charge is -2.23. The number of nitrogens with one attached hydrogen (secondary N) is 2. The minimum Gasteiger partial charge on any atom is -0.492 e. The number of hydrogen-bond acceptors (Lipinski definition) is 4. The van der Waals surface area contributed by atoms with Crippen molar-refractivity contribution in [1.29, 1.82) is 0 Å². The Morgan fingerprint density at radius 1 is 1.15 bits per heavy atom. The zero-order chi connectivity index (χ0) is 19.4. The van der Waals surface area contributed by atoms with Crippen molar-refractivity contribution in [3.05, 3.63) is 29.8 Å². The van der Waals surface area contributed by atoms with Crippen LogP contribution < -0.4 is 15.4 Å². The van der Waals surface area contributed by atoms with Gasteiger partial charge in [0.15, 0.2) is 5.96 Å². The molecule has 1 aromatic rings. The average molecular weight is 381 g/mol. The topological polar surface area (TPSA) is 48.9 Å². The smallest absolute Gasteiger partial charge is 0.191 e. The largest absolute Gasteiger partial charge is 0.492 e. The first kappa shape index (κ1) is 22.6. The second kappa shape index (κ2) is 12.1. The molecule has 0 saturated carbocycles. The third-order valence-electron chi connectivity index (χ3n) is 4.41. The summed E-state index contributed by atoms with van der Waals surface area (Å²) in [6.45, 7) is 14.2. The monoisotopic (exact) mass is 380 g/mol. The van der Waals surface area contributed by atoms with Crippen molar-refractivity contribution in [3.63, 3.8) is 0 Å². The number of rotatable bonds is 11. The Morgan fingerprint density at radius 3 is 2.35 bits per heavy atom. The molecule has 2 N–H and O–H groups in total. The zero-order valence-electron chi connectivity index (χ0n) is 17.3. The number of nitrogens with zero attached hydrogens (tertiary/aromatic N) is 2. The molecule has 0 spiro atoms. The van der Waals surface area contributed by atoms with E-state index in [1.807, 2.05) is 23.9 Å². The third kappa shape index (κ3) is 8.81. The first-order valence-corrected chi connectivity index (χ1v) is 10.6. The van der Waals surface area contributed by atoms with E-state index in [9.17, 15) is 0 Å². The molecule has 148 valence electrons. The molecule has 1 aromatic carbocycles. The van der Waals surface area contributed by atoms with Crippen molar-refractivity contribution in [2.45, 2.75) is 39.0 Å². The molecular weight excluding hydrogens is 344 g/mol. The first-order chi connectivity index (χ1) is 12.4. The summed E-state index contributed by atoms with van der Waals surface area (Å²) in [5.41, 5.74) is 1.20. The molecule has 0 aliphatic carbocycles. The van der Waals surface area contributed by atoms with Gasteiger partial charge >= 0.3 is 0 Å². The quantitative estimate of drug-likeness (QED) is 0.456. The predicted octanol–water partition coefficient (Wildman–Crippen LogP) is 3.21. The van der Waals surface area contributed by atoms with Crippen LogP contribution in [0.4, 0.5) is 0 Å². The number of thioether (sulfide) groups is 1. The van der Waals surface area contributed by atoms with Gasteiger partial charge in [-0.2, -0.15) is 11.8 Å². The Hall–Kier alpha value is -1.40. The molecule has 0 fully saturated rings. The van der Waals surface area contributed by atoms with Crippen LogP contribution in [0.1, 0.15) is 33.3 Å². The fourth-order valence-electron chi connectivity index (χ4n) is 2.31. The van der Waals surface area contributed by atoms with Gasteiger partial charge in [-0.15, -0.1) is 0 Å². The molecule has 0 aliphatic rings. The number of benzene rings is 1. The summed E-state index contributed by atoms with van der Waals surface area (Å²) in [5, 5.41) is 6.74. The highest BCUT2D eigenvalue weighted by Crippen LogP contribution is 2.19. The lowest BCUT2D eigenvalue weighted by atomic mass is 10.2. The van der Waals surface area contributed by atoms with E-state index in [-0.39, 0.29) is 4.75 Å². The Bertz CT molecular complexity index is 527. The minimum atomic E-state index is 0.182. The summed E-state index contributed by atoms with van der Waals surface area (Å²) in [6.07, 6.45) is 2.13. The van der Waals surface area contributed by atoms with E-state index >= 15 is 0 Å². The molecule has 0 saturated heterocycles. The Kier molecular flexibility index (Phi) is 10.5. The van der Waals surface area contributed by atoms with Crippen molar-refractivity contribution < 1.29 is 4.74 Å². The van der Waals surface area contributed by atoms with Gasteiger partial charge in [0.1, 0.15) is 12.4 Å². The van der Waals surface area contributed by atoms with Gasteiger partial charge in [-0.25, -0.2) is 0 Å². The minimum absolute atomic E-state index is 0.182. The van der Waals surface area contributed by atoms with Crippen LogP contribution in [0.2, 0.25) is 0 Å². The lowest BCUT2D eigenvalue weighted by Crippen LogP contribution is -2.42. The van der Waals surface area contributed by atoms with Gasteiger partial charge in [0, 0.05) is 31.4 Å². The molecule has 0 aromatic heterocycles. The van der Waals surface area contributed by atoms with Gasteiger partial charge in [-0.3, -0.25) is 4.99 Å². The fraction of sp³-hybridized carbons (Fsp3) is 0.650. The normalized spacial score (nSPS) is 12.3. The number of likely N-dealkylation sites (N-methyl/N-ethyl adjacent to an activating group) is 1. The molecule has 6 heteroatoms. The van der Waals surface area contributed by atoms with E-state index in [0.29, 0.717) is 0 Å². The van der Waals surface area contributed by atoms with Crippen LogP contribution in [-0.2, 0) is 6.54 Å². The van der Waals surface area contributed by atoms with Gasteiger partial charge in [-0.1, -0.05) is 26.0 Å². The fourth-order valence-corrected chi connectivity index (χ4v) is 2.53. The van der Waals surface area contributed by atoms with Crippen molar-refractivity contribution in [1.82, 2.24) is 15.5 Å². The lowest BCUT2D eigenvalue weighted by molar-refractivity contribution is 0.223. The highest BCUT2D eigenvalue weighted by Gasteiger charge is 2.16. The van der Waals surface area contributed by atoms with E-state index in [2.05, 4.69) is 66.6 Å². The van der Waals surface area contributed by atoms with Gasteiger partial charge < -0.3 is 20.3 Å². The number of ether oxygens (including phenoxy) is 1. The summed E-state index contributed by atoms with van der Waals surface area (Å²) in [6, 6.07) is 8.26. The molecule has 5 nitrogen and oxygen atoms in total. The second-order valence-corrected chi connectivity index (χ2v) is 8.28.